The smallest absolute Gasteiger partial charge is 0.0881 e. The van der Waals surface area contributed by atoms with Gasteiger partial charge in [-0.05, 0) is 6.07 Å². The molecule has 0 aliphatic heterocycles. The largest absolute Gasteiger partial charge is 0.372 e. The van der Waals surface area contributed by atoms with Crippen LogP contribution in [0.1, 0.15) is 0 Å². The summed E-state index contributed by atoms with van der Waals surface area (Å²) in [5, 5.41) is 11.1. The van der Waals surface area contributed by atoms with Crippen molar-refractivity contribution in [2.45, 2.75) is 0 Å². The first kappa shape index (κ1) is 7.69. The normalized spacial score (nSPS) is 9.77. The number of hydrogen-bond donors (Lipinski definition) is 2. The van der Waals surface area contributed by atoms with Crippen molar-refractivity contribution in [2.75, 3.05) is 11.9 Å². The van der Waals surface area contributed by atoms with Crippen molar-refractivity contribution in [1.82, 2.24) is 10.2 Å². The van der Waals surface area contributed by atoms with Crippen molar-refractivity contribution < 1.29 is 0 Å². The zero-order chi connectivity index (χ0) is 9.10. The summed E-state index contributed by atoms with van der Waals surface area (Å²) in [5.41, 5.74) is 1.99. The second-order valence-electron chi connectivity index (χ2n) is 2.70. The molecule has 0 amide bonds. The molecule has 13 heavy (non-hydrogen) atoms. The molecule has 0 spiro atoms. The highest BCUT2D eigenvalue weighted by Gasteiger charge is 1.99. The van der Waals surface area contributed by atoms with Gasteiger partial charge in [0.05, 0.1) is 23.9 Å². The van der Waals surface area contributed by atoms with E-state index in [1.807, 2.05) is 18.2 Å². The van der Waals surface area contributed by atoms with Crippen LogP contribution in [0.4, 0.5) is 5.69 Å². The SMILES string of the molecule is C#CCNc1cccc2cn[nH]c12. The molecule has 2 N–H and O–H groups in total. The molecule has 0 atom stereocenters. The maximum absolute atomic E-state index is 5.16. The number of anilines is 1. The van der Waals surface area contributed by atoms with Crippen LogP contribution >= 0.6 is 0 Å². The van der Waals surface area contributed by atoms with Gasteiger partial charge in [0, 0.05) is 5.39 Å². The number of aromatic nitrogens is 2. The minimum Gasteiger partial charge on any atom is -0.372 e. The van der Waals surface area contributed by atoms with Crippen LogP contribution in [0.5, 0.6) is 0 Å². The summed E-state index contributed by atoms with van der Waals surface area (Å²) < 4.78 is 0. The number of rotatable bonds is 2. The summed E-state index contributed by atoms with van der Waals surface area (Å²) in [6.45, 7) is 0.526. The van der Waals surface area contributed by atoms with E-state index in [9.17, 15) is 0 Å². The molecule has 0 radical (unpaired) electrons. The van der Waals surface area contributed by atoms with Gasteiger partial charge in [0.25, 0.3) is 0 Å². The Morgan fingerprint density at radius 1 is 1.54 bits per heavy atom. The fourth-order valence-electron chi connectivity index (χ4n) is 1.26. The summed E-state index contributed by atoms with van der Waals surface area (Å²) >= 11 is 0. The molecule has 3 heteroatoms. The fraction of sp³-hybridized carbons (Fsp3) is 0.100. The zero-order valence-corrected chi connectivity index (χ0v) is 7.04. The molecule has 0 unspecified atom stereocenters. The molecular weight excluding hydrogens is 162 g/mol. The Labute approximate surface area is 76.2 Å². The second-order valence-corrected chi connectivity index (χ2v) is 2.70. The van der Waals surface area contributed by atoms with Crippen LogP contribution in [0.25, 0.3) is 10.9 Å². The topological polar surface area (TPSA) is 40.7 Å². The number of H-pyrrole nitrogens is 1. The zero-order valence-electron chi connectivity index (χ0n) is 7.04. The fourth-order valence-corrected chi connectivity index (χ4v) is 1.26. The van der Waals surface area contributed by atoms with E-state index >= 15 is 0 Å². The monoisotopic (exact) mass is 171 g/mol. The molecule has 0 bridgehead atoms. The Hall–Kier alpha value is -1.95. The molecule has 0 saturated carbocycles. The van der Waals surface area contributed by atoms with Crippen molar-refractivity contribution in [3.05, 3.63) is 24.4 Å². The Morgan fingerprint density at radius 3 is 3.31 bits per heavy atom. The summed E-state index contributed by atoms with van der Waals surface area (Å²) in [6.07, 6.45) is 6.95. The summed E-state index contributed by atoms with van der Waals surface area (Å²) in [6, 6.07) is 5.94. The lowest BCUT2D eigenvalue weighted by atomic mass is 10.2. The molecule has 2 rings (SSSR count). The quantitative estimate of drug-likeness (QED) is 0.674. The molecule has 1 aromatic heterocycles. The van der Waals surface area contributed by atoms with E-state index in [-0.39, 0.29) is 0 Å². The van der Waals surface area contributed by atoms with Crippen molar-refractivity contribution in [3.8, 4) is 12.3 Å². The Morgan fingerprint density at radius 2 is 2.46 bits per heavy atom. The van der Waals surface area contributed by atoms with Gasteiger partial charge in [-0.2, -0.15) is 5.10 Å². The molecule has 0 aliphatic rings. The van der Waals surface area contributed by atoms with E-state index in [1.54, 1.807) is 6.20 Å². The van der Waals surface area contributed by atoms with E-state index in [2.05, 4.69) is 21.4 Å². The third-order valence-corrected chi connectivity index (χ3v) is 1.86. The van der Waals surface area contributed by atoms with Gasteiger partial charge < -0.3 is 5.32 Å². The number of fused-ring (bicyclic) bond motifs is 1. The molecule has 0 saturated heterocycles. The number of para-hydroxylation sites is 1. The maximum atomic E-state index is 5.16. The minimum absolute atomic E-state index is 0.526. The van der Waals surface area contributed by atoms with Crippen LogP contribution in [0.2, 0.25) is 0 Å². The van der Waals surface area contributed by atoms with E-state index in [1.165, 1.54) is 0 Å². The molecule has 3 nitrogen and oxygen atoms in total. The average molecular weight is 171 g/mol. The Bertz CT molecular complexity index is 450. The van der Waals surface area contributed by atoms with Gasteiger partial charge in [-0.3, -0.25) is 5.10 Å². The highest BCUT2D eigenvalue weighted by atomic mass is 15.1. The van der Waals surface area contributed by atoms with Crippen LogP contribution in [-0.2, 0) is 0 Å². The van der Waals surface area contributed by atoms with Gasteiger partial charge in [0.15, 0.2) is 0 Å². The molecule has 64 valence electrons. The van der Waals surface area contributed by atoms with Crippen LogP contribution < -0.4 is 5.32 Å². The third kappa shape index (κ3) is 1.34. The van der Waals surface area contributed by atoms with Crippen molar-refractivity contribution in [2.24, 2.45) is 0 Å². The van der Waals surface area contributed by atoms with Gasteiger partial charge >= 0.3 is 0 Å². The summed E-state index contributed by atoms with van der Waals surface area (Å²) in [7, 11) is 0. The molecule has 1 heterocycles. The van der Waals surface area contributed by atoms with Crippen LogP contribution in [0.15, 0.2) is 24.4 Å². The lowest BCUT2D eigenvalue weighted by Gasteiger charge is -2.02. The lowest BCUT2D eigenvalue weighted by Crippen LogP contribution is -1.98. The highest BCUT2D eigenvalue weighted by Crippen LogP contribution is 2.19. The number of hydrogen-bond acceptors (Lipinski definition) is 2. The standard InChI is InChI=1S/C10H9N3/c1-2-6-11-9-5-3-4-8-7-12-13-10(8)9/h1,3-5,7,11H,6H2,(H,12,13). The van der Waals surface area contributed by atoms with E-state index < -0.39 is 0 Å². The first-order valence-corrected chi connectivity index (χ1v) is 4.01. The molecule has 2 aromatic rings. The van der Waals surface area contributed by atoms with Gasteiger partial charge in [-0.1, -0.05) is 18.1 Å². The first-order chi connectivity index (χ1) is 6.42. The van der Waals surface area contributed by atoms with Gasteiger partial charge in [-0.15, -0.1) is 6.42 Å². The molecular formula is C10H9N3. The summed E-state index contributed by atoms with van der Waals surface area (Å²) in [5.74, 6) is 2.53. The van der Waals surface area contributed by atoms with E-state index in [0.717, 1.165) is 16.6 Å². The predicted molar refractivity (Wildman–Crippen MR) is 53.4 cm³/mol. The highest BCUT2D eigenvalue weighted by molar-refractivity contribution is 5.89. The van der Waals surface area contributed by atoms with Gasteiger partial charge in [0.2, 0.25) is 0 Å². The van der Waals surface area contributed by atoms with Crippen LogP contribution in [0.3, 0.4) is 0 Å². The number of nitrogens with one attached hydrogen (secondary N) is 2. The van der Waals surface area contributed by atoms with Crippen LogP contribution in [-0.4, -0.2) is 16.7 Å². The van der Waals surface area contributed by atoms with E-state index in [4.69, 9.17) is 6.42 Å². The van der Waals surface area contributed by atoms with Crippen molar-refractivity contribution in [3.63, 3.8) is 0 Å². The first-order valence-electron chi connectivity index (χ1n) is 4.01. The third-order valence-electron chi connectivity index (χ3n) is 1.86. The Balaban J connectivity index is 2.44. The number of terminal acetylenes is 1. The predicted octanol–water partition coefficient (Wildman–Crippen LogP) is 1.61. The van der Waals surface area contributed by atoms with Crippen LogP contribution in [0, 0.1) is 12.3 Å². The number of benzene rings is 1. The lowest BCUT2D eigenvalue weighted by molar-refractivity contribution is 1.12. The number of nitrogens with zero attached hydrogens (tertiary/aromatic N) is 1. The molecule has 0 aliphatic carbocycles. The molecule has 0 fully saturated rings. The Kier molecular flexibility index (Phi) is 1.89. The minimum atomic E-state index is 0.526. The van der Waals surface area contributed by atoms with Crippen molar-refractivity contribution >= 4 is 16.6 Å². The van der Waals surface area contributed by atoms with E-state index in [0.29, 0.717) is 6.54 Å². The second kappa shape index (κ2) is 3.20. The van der Waals surface area contributed by atoms with Gasteiger partial charge in [-0.25, -0.2) is 0 Å². The summed E-state index contributed by atoms with van der Waals surface area (Å²) in [4.78, 5) is 0. The molecule has 1 aromatic carbocycles. The number of aromatic amines is 1. The maximum Gasteiger partial charge on any atom is 0.0881 e. The van der Waals surface area contributed by atoms with Crippen molar-refractivity contribution in [1.29, 1.82) is 0 Å². The average Bonchev–Trinajstić information content (AvgIpc) is 2.62. The van der Waals surface area contributed by atoms with Gasteiger partial charge in [0.1, 0.15) is 0 Å².